The van der Waals surface area contributed by atoms with Gasteiger partial charge in [0.1, 0.15) is 0 Å². The van der Waals surface area contributed by atoms with Crippen LogP contribution in [0.25, 0.3) is 11.0 Å². The van der Waals surface area contributed by atoms with Gasteiger partial charge in [-0.15, -0.1) is 0 Å². The molecular formula is C15H19N3O2. The number of ether oxygens (including phenoxy) is 1. The molecule has 0 aliphatic carbocycles. The molecule has 0 unspecified atom stereocenters. The molecule has 1 N–H and O–H groups in total. The Kier molecular flexibility index (Phi) is 3.69. The van der Waals surface area contributed by atoms with Crippen LogP contribution in [-0.2, 0) is 4.74 Å². The van der Waals surface area contributed by atoms with Gasteiger partial charge in [0.2, 0.25) is 0 Å². The lowest BCUT2D eigenvalue weighted by Crippen LogP contribution is -2.29. The Balaban J connectivity index is 1.96. The van der Waals surface area contributed by atoms with Crippen molar-refractivity contribution in [2.45, 2.75) is 25.8 Å². The fourth-order valence-corrected chi connectivity index (χ4v) is 2.74. The van der Waals surface area contributed by atoms with Crippen LogP contribution in [0.5, 0.6) is 0 Å². The number of aromatic nitrogens is 2. The van der Waals surface area contributed by atoms with Gasteiger partial charge in [-0.05, 0) is 51.1 Å². The lowest BCUT2D eigenvalue weighted by atomic mass is 10.1. The predicted molar refractivity (Wildman–Crippen MR) is 76.8 cm³/mol. The molecule has 2 heterocycles. The highest BCUT2D eigenvalue weighted by atomic mass is 16.5. The molecule has 20 heavy (non-hydrogen) atoms. The first-order valence-corrected chi connectivity index (χ1v) is 7.14. The standard InChI is InChI=1S/C15H19N3O2/c1-2-20-15(19)11-3-4-13-14(9-11)18(10-17-13)12-5-7-16-8-6-12/h3-4,9-10,12,16H,2,5-8H2,1H3. The second-order valence-corrected chi connectivity index (χ2v) is 5.06. The molecule has 0 amide bonds. The minimum absolute atomic E-state index is 0.271. The minimum Gasteiger partial charge on any atom is -0.462 e. The maximum absolute atomic E-state index is 11.8. The Morgan fingerprint density at radius 1 is 1.45 bits per heavy atom. The molecule has 1 saturated heterocycles. The number of carbonyl (C=O) groups excluding carboxylic acids is 1. The van der Waals surface area contributed by atoms with E-state index < -0.39 is 0 Å². The van der Waals surface area contributed by atoms with Gasteiger partial charge in [-0.3, -0.25) is 0 Å². The zero-order valence-corrected chi connectivity index (χ0v) is 11.6. The number of carbonyl (C=O) groups is 1. The van der Waals surface area contributed by atoms with Crippen molar-refractivity contribution >= 4 is 17.0 Å². The molecule has 0 bridgehead atoms. The number of hydrogen-bond donors (Lipinski definition) is 1. The maximum Gasteiger partial charge on any atom is 0.338 e. The van der Waals surface area contributed by atoms with Crippen molar-refractivity contribution < 1.29 is 9.53 Å². The monoisotopic (exact) mass is 273 g/mol. The van der Waals surface area contributed by atoms with Gasteiger partial charge in [0.15, 0.2) is 0 Å². The smallest absolute Gasteiger partial charge is 0.338 e. The number of esters is 1. The van der Waals surface area contributed by atoms with Crippen LogP contribution in [0.15, 0.2) is 24.5 Å². The summed E-state index contributed by atoms with van der Waals surface area (Å²) in [6.45, 7) is 4.27. The number of hydrogen-bond acceptors (Lipinski definition) is 4. The minimum atomic E-state index is -0.271. The second kappa shape index (κ2) is 5.63. The quantitative estimate of drug-likeness (QED) is 0.870. The topological polar surface area (TPSA) is 56.1 Å². The fraction of sp³-hybridized carbons (Fsp3) is 0.467. The van der Waals surface area contributed by atoms with E-state index in [4.69, 9.17) is 4.74 Å². The zero-order chi connectivity index (χ0) is 13.9. The molecule has 1 aliphatic heterocycles. The van der Waals surface area contributed by atoms with Crippen LogP contribution in [-0.4, -0.2) is 35.2 Å². The van der Waals surface area contributed by atoms with Crippen molar-refractivity contribution in [2.75, 3.05) is 19.7 Å². The van der Waals surface area contributed by atoms with E-state index in [-0.39, 0.29) is 5.97 Å². The maximum atomic E-state index is 11.8. The highest BCUT2D eigenvalue weighted by molar-refractivity contribution is 5.93. The molecule has 106 valence electrons. The molecule has 3 rings (SSSR count). The molecule has 0 atom stereocenters. The normalized spacial score (nSPS) is 16.4. The number of piperidine rings is 1. The Bertz CT molecular complexity index is 615. The van der Waals surface area contributed by atoms with Crippen LogP contribution in [0.3, 0.4) is 0 Å². The lowest BCUT2D eigenvalue weighted by molar-refractivity contribution is 0.0526. The third-order valence-corrected chi connectivity index (χ3v) is 3.79. The van der Waals surface area contributed by atoms with Gasteiger partial charge in [0, 0.05) is 6.04 Å². The van der Waals surface area contributed by atoms with Crippen LogP contribution in [0.2, 0.25) is 0 Å². The SMILES string of the molecule is CCOC(=O)c1ccc2ncn(C3CCNCC3)c2c1. The molecule has 1 fully saturated rings. The summed E-state index contributed by atoms with van der Waals surface area (Å²) in [5.74, 6) is -0.271. The van der Waals surface area contributed by atoms with Crippen LogP contribution >= 0.6 is 0 Å². The number of rotatable bonds is 3. The van der Waals surface area contributed by atoms with Crippen molar-refractivity contribution in [1.82, 2.24) is 14.9 Å². The molecular weight excluding hydrogens is 254 g/mol. The van der Waals surface area contributed by atoms with Crippen molar-refractivity contribution in [3.8, 4) is 0 Å². The summed E-state index contributed by atoms with van der Waals surface area (Å²) in [4.78, 5) is 16.3. The third kappa shape index (κ3) is 2.41. The summed E-state index contributed by atoms with van der Waals surface area (Å²) in [6, 6.07) is 6.01. The van der Waals surface area contributed by atoms with E-state index in [1.54, 1.807) is 6.07 Å². The number of imidazole rings is 1. The van der Waals surface area contributed by atoms with Crippen molar-refractivity contribution in [3.63, 3.8) is 0 Å². The molecule has 2 aromatic rings. The fourth-order valence-electron chi connectivity index (χ4n) is 2.74. The molecule has 0 spiro atoms. The summed E-state index contributed by atoms with van der Waals surface area (Å²) >= 11 is 0. The first-order valence-electron chi connectivity index (χ1n) is 7.14. The Hall–Kier alpha value is -1.88. The van der Waals surface area contributed by atoms with Gasteiger partial charge in [-0.25, -0.2) is 9.78 Å². The van der Waals surface area contributed by atoms with E-state index in [2.05, 4.69) is 14.9 Å². The van der Waals surface area contributed by atoms with Gasteiger partial charge in [0.05, 0.1) is 29.5 Å². The Morgan fingerprint density at radius 3 is 3.00 bits per heavy atom. The summed E-state index contributed by atoms with van der Waals surface area (Å²) in [6.07, 6.45) is 4.07. The summed E-state index contributed by atoms with van der Waals surface area (Å²) in [5, 5.41) is 3.36. The van der Waals surface area contributed by atoms with Crippen LogP contribution < -0.4 is 5.32 Å². The molecule has 5 nitrogen and oxygen atoms in total. The van der Waals surface area contributed by atoms with Gasteiger partial charge in [-0.1, -0.05) is 0 Å². The number of nitrogens with zero attached hydrogens (tertiary/aromatic N) is 2. The largest absolute Gasteiger partial charge is 0.462 e. The summed E-state index contributed by atoms with van der Waals surface area (Å²) in [7, 11) is 0. The van der Waals surface area contributed by atoms with Crippen molar-refractivity contribution in [3.05, 3.63) is 30.1 Å². The van der Waals surface area contributed by atoms with Crippen LogP contribution in [0, 0.1) is 0 Å². The number of fused-ring (bicyclic) bond motifs is 1. The summed E-state index contributed by atoms with van der Waals surface area (Å²) < 4.78 is 7.25. The molecule has 5 heteroatoms. The molecule has 1 aliphatic rings. The third-order valence-electron chi connectivity index (χ3n) is 3.79. The van der Waals surface area contributed by atoms with E-state index in [0.29, 0.717) is 18.2 Å². The number of benzene rings is 1. The highest BCUT2D eigenvalue weighted by Gasteiger charge is 2.18. The van der Waals surface area contributed by atoms with E-state index in [0.717, 1.165) is 37.0 Å². The summed E-state index contributed by atoms with van der Waals surface area (Å²) in [5.41, 5.74) is 2.54. The lowest BCUT2D eigenvalue weighted by Gasteiger charge is -2.24. The molecule has 0 radical (unpaired) electrons. The Labute approximate surface area is 117 Å². The van der Waals surface area contributed by atoms with E-state index in [1.807, 2.05) is 25.4 Å². The van der Waals surface area contributed by atoms with Crippen LogP contribution in [0.1, 0.15) is 36.2 Å². The average molecular weight is 273 g/mol. The van der Waals surface area contributed by atoms with Gasteiger partial charge in [0.25, 0.3) is 0 Å². The predicted octanol–water partition coefficient (Wildman–Crippen LogP) is 2.14. The average Bonchev–Trinajstić information content (AvgIpc) is 2.91. The van der Waals surface area contributed by atoms with Crippen molar-refractivity contribution in [1.29, 1.82) is 0 Å². The van der Waals surface area contributed by atoms with Crippen LogP contribution in [0.4, 0.5) is 0 Å². The molecule has 1 aromatic heterocycles. The highest BCUT2D eigenvalue weighted by Crippen LogP contribution is 2.25. The number of nitrogens with one attached hydrogen (secondary N) is 1. The first kappa shape index (κ1) is 13.1. The van der Waals surface area contributed by atoms with Gasteiger partial charge < -0.3 is 14.6 Å². The Morgan fingerprint density at radius 2 is 2.25 bits per heavy atom. The van der Waals surface area contributed by atoms with Crippen molar-refractivity contribution in [2.24, 2.45) is 0 Å². The molecule has 1 aromatic carbocycles. The van der Waals surface area contributed by atoms with E-state index in [9.17, 15) is 4.79 Å². The molecule has 0 saturated carbocycles. The zero-order valence-electron chi connectivity index (χ0n) is 11.6. The first-order chi connectivity index (χ1) is 9.79. The van der Waals surface area contributed by atoms with Gasteiger partial charge >= 0.3 is 5.97 Å². The van der Waals surface area contributed by atoms with E-state index in [1.165, 1.54) is 0 Å². The van der Waals surface area contributed by atoms with E-state index >= 15 is 0 Å². The van der Waals surface area contributed by atoms with Gasteiger partial charge in [-0.2, -0.15) is 0 Å². The second-order valence-electron chi connectivity index (χ2n) is 5.06.